The van der Waals surface area contributed by atoms with Crippen LogP contribution in [-0.4, -0.2) is 52.8 Å². The van der Waals surface area contributed by atoms with E-state index in [0.717, 1.165) is 6.42 Å². The maximum Gasteiger partial charge on any atom is 0.335 e. The zero-order valence-corrected chi connectivity index (χ0v) is 11.9. The van der Waals surface area contributed by atoms with Gasteiger partial charge in [-0.15, -0.1) is 0 Å². The van der Waals surface area contributed by atoms with Crippen molar-refractivity contribution in [1.82, 2.24) is 15.2 Å². The molecule has 1 unspecified atom stereocenters. The van der Waals surface area contributed by atoms with E-state index in [-0.39, 0.29) is 24.2 Å². The number of hydrogen-bond acceptors (Lipinski definition) is 4. The van der Waals surface area contributed by atoms with E-state index < -0.39 is 5.97 Å². The highest BCUT2D eigenvalue weighted by molar-refractivity contribution is 5.87. The minimum atomic E-state index is -1.01. The number of urea groups is 1. The topological polar surface area (TPSA) is 91.8 Å². The van der Waals surface area contributed by atoms with Crippen molar-refractivity contribution in [2.75, 3.05) is 19.7 Å². The van der Waals surface area contributed by atoms with Gasteiger partial charge in [-0.1, -0.05) is 0 Å². The van der Waals surface area contributed by atoms with Gasteiger partial charge in [0.15, 0.2) is 0 Å². The second kappa shape index (κ2) is 7.03. The van der Waals surface area contributed by atoms with Crippen LogP contribution in [0.4, 0.5) is 4.79 Å². The number of carboxylic acid groups (broad SMARTS) is 1. The zero-order chi connectivity index (χ0) is 15.2. The molecule has 1 aliphatic rings. The van der Waals surface area contributed by atoms with E-state index in [9.17, 15) is 9.59 Å². The molecule has 0 bridgehead atoms. The summed E-state index contributed by atoms with van der Waals surface area (Å²) >= 11 is 0. The number of nitrogens with one attached hydrogen (secondary N) is 1. The largest absolute Gasteiger partial charge is 0.478 e. The lowest BCUT2D eigenvalue weighted by molar-refractivity contribution is 0.0695. The average molecular weight is 293 g/mol. The van der Waals surface area contributed by atoms with E-state index in [4.69, 9.17) is 9.84 Å². The number of hydrogen-bond donors (Lipinski definition) is 2. The van der Waals surface area contributed by atoms with Crippen LogP contribution in [0.2, 0.25) is 0 Å². The first-order valence-electron chi connectivity index (χ1n) is 6.89. The van der Waals surface area contributed by atoms with E-state index in [0.29, 0.717) is 25.4 Å². The van der Waals surface area contributed by atoms with Crippen LogP contribution in [-0.2, 0) is 11.3 Å². The fourth-order valence-electron chi connectivity index (χ4n) is 2.16. The molecule has 0 radical (unpaired) electrons. The number of carbonyl (C=O) groups excluding carboxylic acids is 1. The minimum Gasteiger partial charge on any atom is -0.478 e. The summed E-state index contributed by atoms with van der Waals surface area (Å²) < 4.78 is 5.49. The third-order valence-corrected chi connectivity index (χ3v) is 3.22. The predicted octanol–water partition coefficient (Wildman–Crippen LogP) is 1.10. The lowest BCUT2D eigenvalue weighted by Crippen LogP contribution is -2.42. The van der Waals surface area contributed by atoms with Gasteiger partial charge in [0.25, 0.3) is 0 Å². The molecule has 1 aliphatic heterocycles. The summed E-state index contributed by atoms with van der Waals surface area (Å²) in [6.45, 7) is 4.00. The molecule has 1 aromatic rings. The number of ether oxygens (including phenoxy) is 1. The Balaban J connectivity index is 1.91. The van der Waals surface area contributed by atoms with E-state index in [1.807, 2.05) is 6.92 Å². The molecule has 7 heteroatoms. The van der Waals surface area contributed by atoms with Crippen LogP contribution >= 0.6 is 0 Å². The molecule has 114 valence electrons. The van der Waals surface area contributed by atoms with Crippen molar-refractivity contribution < 1.29 is 19.4 Å². The maximum atomic E-state index is 12.1. The number of aromatic nitrogens is 1. The molecular weight excluding hydrogens is 274 g/mol. The number of amides is 2. The van der Waals surface area contributed by atoms with Crippen molar-refractivity contribution in [2.24, 2.45) is 0 Å². The van der Waals surface area contributed by atoms with Gasteiger partial charge in [0.1, 0.15) is 0 Å². The van der Waals surface area contributed by atoms with Gasteiger partial charge >= 0.3 is 12.0 Å². The van der Waals surface area contributed by atoms with Crippen molar-refractivity contribution >= 4 is 12.0 Å². The second-order valence-electron chi connectivity index (χ2n) is 4.98. The van der Waals surface area contributed by atoms with Gasteiger partial charge < -0.3 is 20.1 Å². The van der Waals surface area contributed by atoms with Crippen LogP contribution in [0, 0.1) is 0 Å². The molecule has 7 nitrogen and oxygen atoms in total. The average Bonchev–Trinajstić information content (AvgIpc) is 2.69. The van der Waals surface area contributed by atoms with Crippen LogP contribution in [0.15, 0.2) is 18.3 Å². The van der Waals surface area contributed by atoms with Crippen LogP contribution < -0.4 is 5.32 Å². The number of rotatable bonds is 3. The Bertz CT molecular complexity index is 521. The molecule has 2 heterocycles. The molecule has 0 saturated carbocycles. The molecule has 1 aromatic heterocycles. The summed E-state index contributed by atoms with van der Waals surface area (Å²) in [6.07, 6.45) is 2.25. The Morgan fingerprint density at radius 2 is 2.38 bits per heavy atom. The van der Waals surface area contributed by atoms with Crippen LogP contribution in [0.1, 0.15) is 29.4 Å². The molecule has 0 aromatic carbocycles. The molecule has 1 atom stereocenters. The third-order valence-electron chi connectivity index (χ3n) is 3.22. The summed E-state index contributed by atoms with van der Waals surface area (Å²) in [4.78, 5) is 28.7. The first kappa shape index (κ1) is 15.2. The molecule has 0 spiro atoms. The number of aromatic carboxylic acids is 1. The van der Waals surface area contributed by atoms with Gasteiger partial charge in [-0.05, 0) is 25.5 Å². The Morgan fingerprint density at radius 3 is 3.14 bits per heavy atom. The van der Waals surface area contributed by atoms with Crippen molar-refractivity contribution in [2.45, 2.75) is 26.0 Å². The normalized spacial score (nSPS) is 18.9. The standard InChI is InChI=1S/C14H19N3O4/c1-10-9-17(5-2-6-21-10)14(20)16-8-12-7-11(13(18)19)3-4-15-12/h3-4,7,10H,2,5-6,8-9H2,1H3,(H,16,20)(H,18,19). The van der Waals surface area contributed by atoms with Crippen LogP contribution in [0.3, 0.4) is 0 Å². The predicted molar refractivity (Wildman–Crippen MR) is 75.0 cm³/mol. The lowest BCUT2D eigenvalue weighted by Gasteiger charge is -2.22. The minimum absolute atomic E-state index is 0.0201. The monoisotopic (exact) mass is 293 g/mol. The Kier molecular flexibility index (Phi) is 5.10. The van der Waals surface area contributed by atoms with Crippen molar-refractivity contribution in [3.63, 3.8) is 0 Å². The quantitative estimate of drug-likeness (QED) is 0.870. The highest BCUT2D eigenvalue weighted by Gasteiger charge is 2.19. The van der Waals surface area contributed by atoms with Gasteiger partial charge in [0.05, 0.1) is 23.9 Å². The molecule has 0 aliphatic carbocycles. The van der Waals surface area contributed by atoms with Crippen molar-refractivity contribution in [1.29, 1.82) is 0 Å². The lowest BCUT2D eigenvalue weighted by atomic mass is 10.2. The molecule has 2 N–H and O–H groups in total. The second-order valence-corrected chi connectivity index (χ2v) is 4.98. The first-order chi connectivity index (χ1) is 10.1. The number of pyridine rings is 1. The fraction of sp³-hybridized carbons (Fsp3) is 0.500. The van der Waals surface area contributed by atoms with E-state index >= 15 is 0 Å². The SMILES string of the molecule is CC1CN(C(=O)NCc2cc(C(=O)O)ccn2)CCCO1. The van der Waals surface area contributed by atoms with Gasteiger partial charge in [-0.3, -0.25) is 4.98 Å². The Labute approximate surface area is 122 Å². The van der Waals surface area contributed by atoms with Gasteiger partial charge in [0, 0.05) is 25.9 Å². The Morgan fingerprint density at radius 1 is 1.57 bits per heavy atom. The van der Waals surface area contributed by atoms with Gasteiger partial charge in [0.2, 0.25) is 0 Å². The zero-order valence-electron chi connectivity index (χ0n) is 11.9. The summed E-state index contributed by atoms with van der Waals surface area (Å²) in [5.74, 6) is -1.01. The summed E-state index contributed by atoms with van der Waals surface area (Å²) in [6, 6.07) is 2.69. The number of carboxylic acids is 1. The summed E-state index contributed by atoms with van der Waals surface area (Å²) in [5.41, 5.74) is 0.674. The maximum absolute atomic E-state index is 12.1. The van der Waals surface area contributed by atoms with E-state index in [1.165, 1.54) is 18.3 Å². The fourth-order valence-corrected chi connectivity index (χ4v) is 2.16. The molecule has 2 rings (SSSR count). The third kappa shape index (κ3) is 4.42. The van der Waals surface area contributed by atoms with Crippen molar-refractivity contribution in [3.8, 4) is 0 Å². The Hall–Kier alpha value is -2.15. The molecule has 1 saturated heterocycles. The number of carbonyl (C=O) groups is 2. The van der Waals surface area contributed by atoms with Crippen molar-refractivity contribution in [3.05, 3.63) is 29.6 Å². The smallest absolute Gasteiger partial charge is 0.335 e. The molecular formula is C14H19N3O4. The molecule has 1 fully saturated rings. The summed E-state index contributed by atoms with van der Waals surface area (Å²) in [7, 11) is 0. The first-order valence-corrected chi connectivity index (χ1v) is 6.89. The van der Waals surface area contributed by atoms with Crippen LogP contribution in [0.25, 0.3) is 0 Å². The molecule has 2 amide bonds. The van der Waals surface area contributed by atoms with Crippen LogP contribution in [0.5, 0.6) is 0 Å². The van der Waals surface area contributed by atoms with Gasteiger partial charge in [-0.2, -0.15) is 0 Å². The van der Waals surface area contributed by atoms with Gasteiger partial charge in [-0.25, -0.2) is 9.59 Å². The van der Waals surface area contributed by atoms with E-state index in [2.05, 4.69) is 10.3 Å². The van der Waals surface area contributed by atoms with E-state index in [1.54, 1.807) is 4.90 Å². The highest BCUT2D eigenvalue weighted by atomic mass is 16.5. The highest BCUT2D eigenvalue weighted by Crippen LogP contribution is 2.06. The number of nitrogens with zero attached hydrogens (tertiary/aromatic N) is 2. The summed E-state index contributed by atoms with van der Waals surface area (Å²) in [5, 5.41) is 11.7. The molecule has 21 heavy (non-hydrogen) atoms.